The molecule has 0 amide bonds. The van der Waals surface area contributed by atoms with E-state index in [0.717, 1.165) is 11.3 Å². The minimum Gasteiger partial charge on any atom is -0.497 e. The highest BCUT2D eigenvalue weighted by Crippen LogP contribution is 2.25. The molecule has 0 radical (unpaired) electrons. The number of aliphatic imine (C=N–C) groups is 1. The molecule has 22 heavy (non-hydrogen) atoms. The summed E-state index contributed by atoms with van der Waals surface area (Å²) in [6, 6.07) is 19.3. The number of ether oxygens (including phenoxy) is 1. The molecule has 4 heteroatoms. The Bertz CT molecular complexity index is 687. The monoisotopic (exact) mass is 293 g/mol. The van der Waals surface area contributed by atoms with E-state index in [-0.39, 0.29) is 0 Å². The second-order valence-corrected chi connectivity index (χ2v) is 5.30. The van der Waals surface area contributed by atoms with Crippen LogP contribution in [0, 0.1) is 16.7 Å². The van der Waals surface area contributed by atoms with Crippen LogP contribution >= 0.6 is 0 Å². The maximum absolute atomic E-state index is 9.55. The lowest BCUT2D eigenvalue weighted by Crippen LogP contribution is -2.35. The first kappa shape index (κ1) is 15.6. The van der Waals surface area contributed by atoms with Crippen LogP contribution in [0.15, 0.2) is 59.6 Å². The highest BCUT2D eigenvalue weighted by Gasteiger charge is 2.29. The number of rotatable bonds is 5. The first-order chi connectivity index (χ1) is 10.6. The molecule has 2 aromatic carbocycles. The molecule has 0 aliphatic heterocycles. The topological polar surface area (TPSA) is 71.4 Å². The van der Waals surface area contributed by atoms with Gasteiger partial charge in [-0.15, -0.1) is 0 Å². The molecule has 0 heterocycles. The summed E-state index contributed by atoms with van der Waals surface area (Å²) in [5, 5.41) is 9.55. The number of nitriles is 1. The molecular formula is C18H19N3O. The molecule has 2 rings (SSSR count). The Morgan fingerprint density at radius 3 is 2.36 bits per heavy atom. The van der Waals surface area contributed by atoms with Crippen LogP contribution in [0.5, 0.6) is 5.75 Å². The molecule has 0 aromatic heterocycles. The smallest absolute Gasteiger partial charge is 0.120 e. The Morgan fingerprint density at radius 1 is 1.18 bits per heavy atom. The van der Waals surface area contributed by atoms with Gasteiger partial charge in [0.25, 0.3) is 0 Å². The second kappa shape index (κ2) is 6.77. The molecule has 0 fully saturated rings. The minimum absolute atomic E-state index is 0.309. The Morgan fingerprint density at radius 2 is 1.82 bits per heavy atom. The van der Waals surface area contributed by atoms with E-state index in [1.165, 1.54) is 0 Å². The highest BCUT2D eigenvalue weighted by atomic mass is 16.5. The van der Waals surface area contributed by atoms with Crippen molar-refractivity contribution in [1.82, 2.24) is 0 Å². The van der Waals surface area contributed by atoms with E-state index >= 15 is 0 Å². The maximum atomic E-state index is 9.55. The number of methoxy groups -OCH3 is 1. The molecule has 4 nitrogen and oxygen atoms in total. The zero-order valence-electron chi connectivity index (χ0n) is 12.8. The third-order valence-electron chi connectivity index (χ3n) is 3.53. The van der Waals surface area contributed by atoms with Gasteiger partial charge >= 0.3 is 0 Å². The molecule has 0 saturated heterocycles. The van der Waals surface area contributed by atoms with Crippen LogP contribution < -0.4 is 10.5 Å². The number of nitrogens with two attached hydrogens (primary N) is 1. The fraction of sp³-hybridized carbons (Fsp3) is 0.222. The number of amidine groups is 1. The van der Waals surface area contributed by atoms with Gasteiger partial charge in [-0.05, 0) is 43.2 Å². The first-order valence-electron chi connectivity index (χ1n) is 7.01. The van der Waals surface area contributed by atoms with Crippen LogP contribution in [0.2, 0.25) is 0 Å². The predicted octanol–water partition coefficient (Wildman–Crippen LogP) is 3.46. The van der Waals surface area contributed by atoms with Crippen LogP contribution in [-0.2, 0) is 6.42 Å². The highest BCUT2D eigenvalue weighted by molar-refractivity contribution is 5.91. The summed E-state index contributed by atoms with van der Waals surface area (Å²) in [5.41, 5.74) is 7.02. The lowest BCUT2D eigenvalue weighted by molar-refractivity contribution is 0.415. The number of benzene rings is 2. The van der Waals surface area contributed by atoms with E-state index in [1.54, 1.807) is 7.11 Å². The van der Waals surface area contributed by atoms with Crippen LogP contribution in [0.4, 0.5) is 5.69 Å². The lowest BCUT2D eigenvalue weighted by Gasteiger charge is -2.21. The van der Waals surface area contributed by atoms with Gasteiger partial charge in [-0.3, -0.25) is 0 Å². The van der Waals surface area contributed by atoms with Gasteiger partial charge in [0, 0.05) is 0 Å². The van der Waals surface area contributed by atoms with Gasteiger partial charge in [0.2, 0.25) is 0 Å². The standard InChI is InChI=1S/C18H19N3O/c1-18(13-19,12-14-6-4-3-5-7-14)17(20)21-15-8-10-16(22-2)11-9-15/h3-11H,12H2,1-2H3,(H2,20,21). The summed E-state index contributed by atoms with van der Waals surface area (Å²) in [7, 11) is 1.61. The summed E-state index contributed by atoms with van der Waals surface area (Å²) in [4.78, 5) is 4.39. The van der Waals surface area contributed by atoms with Gasteiger partial charge in [0.15, 0.2) is 0 Å². The number of nitrogens with zero attached hydrogens (tertiary/aromatic N) is 2. The van der Waals surface area contributed by atoms with Crippen molar-refractivity contribution >= 4 is 11.5 Å². The van der Waals surface area contributed by atoms with Crippen molar-refractivity contribution in [2.75, 3.05) is 7.11 Å². The van der Waals surface area contributed by atoms with Crippen LogP contribution in [0.25, 0.3) is 0 Å². The summed E-state index contributed by atoms with van der Waals surface area (Å²) in [6.07, 6.45) is 0.524. The molecular weight excluding hydrogens is 274 g/mol. The van der Waals surface area contributed by atoms with E-state index in [0.29, 0.717) is 17.9 Å². The van der Waals surface area contributed by atoms with Crippen molar-refractivity contribution in [3.8, 4) is 11.8 Å². The molecule has 2 N–H and O–H groups in total. The molecule has 0 bridgehead atoms. The van der Waals surface area contributed by atoms with Crippen LogP contribution in [0.3, 0.4) is 0 Å². The molecule has 1 atom stereocenters. The fourth-order valence-corrected chi connectivity index (χ4v) is 2.11. The predicted molar refractivity (Wildman–Crippen MR) is 88.1 cm³/mol. The average Bonchev–Trinajstić information content (AvgIpc) is 2.56. The SMILES string of the molecule is COc1ccc(N=C(N)C(C)(C#N)Cc2ccccc2)cc1. The Hall–Kier alpha value is -2.80. The van der Waals surface area contributed by atoms with E-state index in [2.05, 4.69) is 11.1 Å². The van der Waals surface area contributed by atoms with Crippen molar-refractivity contribution in [1.29, 1.82) is 5.26 Å². The second-order valence-electron chi connectivity index (χ2n) is 5.30. The van der Waals surface area contributed by atoms with Crippen molar-refractivity contribution in [2.24, 2.45) is 16.1 Å². The average molecular weight is 293 g/mol. The molecule has 1 unspecified atom stereocenters. The summed E-state index contributed by atoms with van der Waals surface area (Å²) in [5.74, 6) is 1.06. The van der Waals surface area contributed by atoms with Crippen molar-refractivity contribution < 1.29 is 4.74 Å². The largest absolute Gasteiger partial charge is 0.497 e. The van der Waals surface area contributed by atoms with Gasteiger partial charge < -0.3 is 10.5 Å². The Labute approximate surface area is 130 Å². The van der Waals surface area contributed by atoms with Crippen molar-refractivity contribution in [3.05, 3.63) is 60.2 Å². The van der Waals surface area contributed by atoms with Crippen LogP contribution in [0.1, 0.15) is 12.5 Å². The van der Waals surface area contributed by atoms with Gasteiger partial charge in [-0.25, -0.2) is 4.99 Å². The van der Waals surface area contributed by atoms with Crippen molar-refractivity contribution in [3.63, 3.8) is 0 Å². The molecule has 0 spiro atoms. The lowest BCUT2D eigenvalue weighted by atomic mass is 9.84. The quantitative estimate of drug-likeness (QED) is 0.678. The fourth-order valence-electron chi connectivity index (χ4n) is 2.11. The summed E-state index contributed by atoms with van der Waals surface area (Å²) < 4.78 is 5.11. The zero-order chi connectivity index (χ0) is 16.0. The van der Waals surface area contributed by atoms with Gasteiger partial charge in [-0.1, -0.05) is 30.3 Å². The maximum Gasteiger partial charge on any atom is 0.120 e. The summed E-state index contributed by atoms with van der Waals surface area (Å²) in [6.45, 7) is 1.81. The molecule has 2 aromatic rings. The number of hydrogen-bond acceptors (Lipinski definition) is 3. The molecule has 0 aliphatic rings. The first-order valence-corrected chi connectivity index (χ1v) is 7.01. The van der Waals surface area contributed by atoms with E-state index in [9.17, 15) is 5.26 Å². The van der Waals surface area contributed by atoms with E-state index in [4.69, 9.17) is 10.5 Å². The molecule has 112 valence electrons. The number of hydrogen-bond donors (Lipinski definition) is 1. The zero-order valence-corrected chi connectivity index (χ0v) is 12.8. The normalized spacial score (nSPS) is 14.0. The van der Waals surface area contributed by atoms with Crippen LogP contribution in [-0.4, -0.2) is 12.9 Å². The third kappa shape index (κ3) is 3.64. The van der Waals surface area contributed by atoms with E-state index < -0.39 is 5.41 Å². The van der Waals surface area contributed by atoms with Gasteiger partial charge in [0.05, 0.1) is 18.9 Å². The Balaban J connectivity index is 2.24. The Kier molecular flexibility index (Phi) is 4.80. The third-order valence-corrected chi connectivity index (χ3v) is 3.53. The van der Waals surface area contributed by atoms with Gasteiger partial charge in [0.1, 0.15) is 17.0 Å². The minimum atomic E-state index is -0.846. The summed E-state index contributed by atoms with van der Waals surface area (Å²) >= 11 is 0. The van der Waals surface area contributed by atoms with Gasteiger partial charge in [-0.2, -0.15) is 5.26 Å². The molecule has 0 saturated carbocycles. The van der Waals surface area contributed by atoms with Crippen molar-refractivity contribution in [2.45, 2.75) is 13.3 Å². The van der Waals surface area contributed by atoms with E-state index in [1.807, 2.05) is 61.5 Å². The molecule has 0 aliphatic carbocycles.